The van der Waals surface area contributed by atoms with Gasteiger partial charge in [-0.2, -0.15) is 0 Å². The van der Waals surface area contributed by atoms with Crippen molar-refractivity contribution in [3.63, 3.8) is 0 Å². The van der Waals surface area contributed by atoms with E-state index in [9.17, 15) is 0 Å². The van der Waals surface area contributed by atoms with Gasteiger partial charge in [0.25, 0.3) is 0 Å². The summed E-state index contributed by atoms with van der Waals surface area (Å²) < 4.78 is 6.31. The Balaban J connectivity index is 1.30. The van der Waals surface area contributed by atoms with Gasteiger partial charge in [0.15, 0.2) is 0 Å². The van der Waals surface area contributed by atoms with Gasteiger partial charge in [-0.3, -0.25) is 0 Å². The Morgan fingerprint density at radius 1 is 0.462 bits per heavy atom. The number of para-hydroxylation sites is 2. The minimum Gasteiger partial charge on any atom is -0.456 e. The Hall–Kier alpha value is -5.08. The molecule has 1 heterocycles. The van der Waals surface area contributed by atoms with Crippen LogP contribution in [0, 0.1) is 6.92 Å². The molecule has 0 fully saturated rings. The van der Waals surface area contributed by atoms with Gasteiger partial charge >= 0.3 is 0 Å². The minimum absolute atomic E-state index is 0.915. The summed E-state index contributed by atoms with van der Waals surface area (Å²) in [6.07, 6.45) is 0. The average molecular weight is 502 g/mol. The number of anilines is 3. The van der Waals surface area contributed by atoms with Crippen LogP contribution in [0.3, 0.4) is 0 Å². The molecule has 0 unspecified atom stereocenters. The number of benzene rings is 6. The highest BCUT2D eigenvalue weighted by Crippen LogP contribution is 2.39. The Labute approximate surface area is 228 Å². The molecule has 0 bridgehead atoms. The van der Waals surface area contributed by atoms with E-state index in [1.807, 2.05) is 12.1 Å². The van der Waals surface area contributed by atoms with Crippen LogP contribution >= 0.6 is 0 Å². The van der Waals surface area contributed by atoms with Crippen molar-refractivity contribution in [2.24, 2.45) is 0 Å². The Morgan fingerprint density at radius 3 is 1.95 bits per heavy atom. The van der Waals surface area contributed by atoms with E-state index >= 15 is 0 Å². The Bertz CT molecular complexity index is 1920. The zero-order valence-electron chi connectivity index (χ0n) is 21.7. The van der Waals surface area contributed by atoms with Gasteiger partial charge in [-0.1, -0.05) is 97.1 Å². The first kappa shape index (κ1) is 23.1. The second-order valence-electron chi connectivity index (χ2n) is 9.88. The Morgan fingerprint density at radius 2 is 1.13 bits per heavy atom. The number of aryl methyl sites for hydroxylation is 1. The molecule has 0 aliphatic heterocycles. The quantitative estimate of drug-likeness (QED) is 0.233. The molecule has 0 radical (unpaired) electrons. The topological polar surface area (TPSA) is 16.4 Å². The largest absolute Gasteiger partial charge is 0.456 e. The molecule has 0 N–H and O–H groups in total. The normalized spacial score (nSPS) is 11.2. The van der Waals surface area contributed by atoms with E-state index < -0.39 is 0 Å². The molecule has 7 rings (SSSR count). The third kappa shape index (κ3) is 4.26. The number of rotatable bonds is 5. The van der Waals surface area contributed by atoms with Gasteiger partial charge in [0.1, 0.15) is 11.3 Å². The summed E-state index contributed by atoms with van der Waals surface area (Å²) in [4.78, 5) is 2.30. The first-order valence-corrected chi connectivity index (χ1v) is 13.3. The van der Waals surface area contributed by atoms with Crippen LogP contribution in [-0.4, -0.2) is 0 Å². The Kier molecular flexibility index (Phi) is 5.71. The summed E-state index contributed by atoms with van der Waals surface area (Å²) in [6, 6.07) is 51.3. The first-order chi connectivity index (χ1) is 19.2. The predicted octanol–water partition coefficient (Wildman–Crippen LogP) is 10.7. The highest BCUT2D eigenvalue weighted by Gasteiger charge is 2.16. The van der Waals surface area contributed by atoms with Crippen molar-refractivity contribution in [2.45, 2.75) is 6.92 Å². The lowest BCUT2D eigenvalue weighted by molar-refractivity contribution is 0.629. The molecule has 0 aliphatic rings. The maximum Gasteiger partial charge on any atom is 0.138 e. The molecular formula is C37H27NO. The van der Waals surface area contributed by atoms with E-state index in [-0.39, 0.29) is 0 Å². The summed E-state index contributed by atoms with van der Waals surface area (Å²) in [5, 5.41) is 3.66. The molecule has 1 aromatic heterocycles. The lowest BCUT2D eigenvalue weighted by atomic mass is 10.0. The van der Waals surface area contributed by atoms with Crippen LogP contribution in [0.25, 0.3) is 44.2 Å². The van der Waals surface area contributed by atoms with Crippen LogP contribution in [0.5, 0.6) is 0 Å². The fourth-order valence-electron chi connectivity index (χ4n) is 5.43. The van der Waals surface area contributed by atoms with Crippen LogP contribution in [0.15, 0.2) is 150 Å². The van der Waals surface area contributed by atoms with Crippen molar-refractivity contribution >= 4 is 38.8 Å². The number of nitrogens with zero attached hydrogens (tertiary/aromatic N) is 1. The van der Waals surface area contributed by atoms with Crippen LogP contribution in [-0.2, 0) is 0 Å². The molecule has 0 aliphatic carbocycles. The second-order valence-corrected chi connectivity index (χ2v) is 9.88. The molecule has 0 amide bonds. The molecule has 0 atom stereocenters. The van der Waals surface area contributed by atoms with Gasteiger partial charge in [-0.15, -0.1) is 0 Å². The summed E-state index contributed by atoms with van der Waals surface area (Å²) in [6.45, 7) is 2.13. The molecule has 2 heteroatoms. The summed E-state index contributed by atoms with van der Waals surface area (Å²) in [5.41, 5.74) is 8.84. The van der Waals surface area contributed by atoms with E-state index in [1.165, 1.54) is 21.9 Å². The van der Waals surface area contributed by atoms with Crippen LogP contribution in [0.2, 0.25) is 0 Å². The van der Waals surface area contributed by atoms with E-state index in [1.54, 1.807) is 0 Å². The van der Waals surface area contributed by atoms with Crippen LogP contribution < -0.4 is 4.90 Å². The van der Waals surface area contributed by atoms with Crippen molar-refractivity contribution in [2.75, 3.05) is 4.90 Å². The van der Waals surface area contributed by atoms with Crippen molar-refractivity contribution in [1.82, 2.24) is 0 Å². The highest BCUT2D eigenvalue weighted by atomic mass is 16.3. The summed E-state index contributed by atoms with van der Waals surface area (Å²) in [5.74, 6) is 0.915. The fourth-order valence-corrected chi connectivity index (χ4v) is 5.43. The van der Waals surface area contributed by atoms with Gasteiger partial charge in [0, 0.05) is 33.6 Å². The first-order valence-electron chi connectivity index (χ1n) is 13.3. The van der Waals surface area contributed by atoms with Gasteiger partial charge in [-0.05, 0) is 77.4 Å². The maximum absolute atomic E-state index is 6.31. The second kappa shape index (κ2) is 9.66. The zero-order chi connectivity index (χ0) is 26.2. The summed E-state index contributed by atoms with van der Waals surface area (Å²) in [7, 11) is 0. The van der Waals surface area contributed by atoms with Gasteiger partial charge in [0.2, 0.25) is 0 Å². The highest BCUT2D eigenvalue weighted by molar-refractivity contribution is 5.90. The fraction of sp³-hybridized carbons (Fsp3) is 0.0270. The molecular weight excluding hydrogens is 474 g/mol. The van der Waals surface area contributed by atoms with Gasteiger partial charge in [-0.25, -0.2) is 0 Å². The van der Waals surface area contributed by atoms with E-state index in [0.29, 0.717) is 0 Å². The van der Waals surface area contributed by atoms with Gasteiger partial charge < -0.3 is 9.32 Å². The number of furan rings is 1. The molecule has 7 aromatic rings. The van der Waals surface area contributed by atoms with Gasteiger partial charge in [0.05, 0.1) is 0 Å². The maximum atomic E-state index is 6.31. The molecule has 2 nitrogen and oxygen atoms in total. The van der Waals surface area contributed by atoms with Crippen LogP contribution in [0.4, 0.5) is 17.1 Å². The molecule has 6 aromatic carbocycles. The number of hydrogen-bond acceptors (Lipinski definition) is 2. The van der Waals surface area contributed by atoms with Crippen LogP contribution in [0.1, 0.15) is 5.56 Å². The SMILES string of the molecule is Cc1c(-c2cccc(N(c3ccccc3)c3ccc(-c4ccc5ccccc5c4)cc3)c2)oc2ccccc12. The van der Waals surface area contributed by atoms with Crippen molar-refractivity contribution in [1.29, 1.82) is 0 Å². The minimum atomic E-state index is 0.915. The molecule has 0 spiro atoms. The third-order valence-corrected chi connectivity index (χ3v) is 7.43. The van der Waals surface area contributed by atoms with E-state index in [2.05, 4.69) is 145 Å². The smallest absolute Gasteiger partial charge is 0.138 e. The number of fused-ring (bicyclic) bond motifs is 2. The average Bonchev–Trinajstić information content (AvgIpc) is 3.34. The number of hydrogen-bond donors (Lipinski definition) is 0. The van der Waals surface area contributed by atoms with Crippen molar-refractivity contribution in [3.8, 4) is 22.5 Å². The third-order valence-electron chi connectivity index (χ3n) is 7.43. The lowest BCUT2D eigenvalue weighted by Gasteiger charge is -2.26. The molecule has 39 heavy (non-hydrogen) atoms. The summed E-state index contributed by atoms with van der Waals surface area (Å²) >= 11 is 0. The lowest BCUT2D eigenvalue weighted by Crippen LogP contribution is -2.09. The van der Waals surface area contributed by atoms with Crippen molar-refractivity contribution < 1.29 is 4.42 Å². The molecule has 0 saturated carbocycles. The monoisotopic (exact) mass is 501 g/mol. The van der Waals surface area contributed by atoms with E-state index in [0.717, 1.165) is 44.9 Å². The zero-order valence-corrected chi connectivity index (χ0v) is 21.7. The molecule has 186 valence electrons. The predicted molar refractivity (Wildman–Crippen MR) is 164 cm³/mol. The van der Waals surface area contributed by atoms with E-state index in [4.69, 9.17) is 4.42 Å². The molecule has 0 saturated heterocycles. The van der Waals surface area contributed by atoms with Crippen molar-refractivity contribution in [3.05, 3.63) is 151 Å². The standard InChI is InChI=1S/C37H27NO/c1-26-35-16-7-8-17-36(35)39-37(26)31-12-9-15-34(25-31)38(32-13-3-2-4-14-32)33-22-20-28(21-23-33)30-19-18-27-10-5-6-11-29(27)24-30/h2-25H,1H3.